The van der Waals surface area contributed by atoms with Crippen LogP contribution in [0.4, 0.5) is 10.5 Å². The van der Waals surface area contributed by atoms with Crippen molar-refractivity contribution in [2.45, 2.75) is 20.0 Å². The van der Waals surface area contributed by atoms with Crippen LogP contribution in [-0.2, 0) is 11.3 Å². The van der Waals surface area contributed by atoms with E-state index in [2.05, 4.69) is 23.8 Å². The Hall–Kier alpha value is -2.62. The molecule has 4 heteroatoms. The fourth-order valence-electron chi connectivity index (χ4n) is 1.77. The Labute approximate surface area is 126 Å². The molecule has 0 spiro atoms. The summed E-state index contributed by atoms with van der Waals surface area (Å²) in [6.07, 6.45) is 2.07. The maximum absolute atomic E-state index is 11.7. The number of nitrogens with zero attached hydrogens (tertiary/aromatic N) is 1. The van der Waals surface area contributed by atoms with E-state index in [1.165, 1.54) is 0 Å². The van der Waals surface area contributed by atoms with Gasteiger partial charge in [-0.2, -0.15) is 0 Å². The summed E-state index contributed by atoms with van der Waals surface area (Å²) < 4.78 is 5.10. The molecule has 110 valence electrons. The van der Waals surface area contributed by atoms with E-state index < -0.39 is 6.09 Å². The van der Waals surface area contributed by atoms with Crippen LogP contribution in [-0.4, -0.2) is 11.1 Å². The first-order chi connectivity index (χ1) is 10.2. The Balaban J connectivity index is 0.00000242. The third kappa shape index (κ3) is 4.45. The monoisotopic (exact) mass is 284 g/mol. The highest BCUT2D eigenvalue weighted by atomic mass is 16.5. The number of anilines is 1. The van der Waals surface area contributed by atoms with Crippen LogP contribution in [0.25, 0.3) is 5.57 Å². The van der Waals surface area contributed by atoms with Gasteiger partial charge >= 0.3 is 6.09 Å². The Morgan fingerprint density at radius 2 is 2.05 bits per heavy atom. The summed E-state index contributed by atoms with van der Waals surface area (Å²) in [5, 5.41) is 2.68. The molecule has 2 rings (SSSR count). The molecule has 21 heavy (non-hydrogen) atoms. The molecule has 0 radical (unpaired) electrons. The van der Waals surface area contributed by atoms with Crippen molar-refractivity contribution in [3.63, 3.8) is 0 Å². The lowest BCUT2D eigenvalue weighted by Crippen LogP contribution is -2.13. The molecule has 0 aliphatic rings. The molecule has 0 unspecified atom stereocenters. The van der Waals surface area contributed by atoms with E-state index in [9.17, 15) is 4.79 Å². The van der Waals surface area contributed by atoms with Gasteiger partial charge in [-0.1, -0.05) is 31.7 Å². The molecule has 0 aliphatic heterocycles. The number of carbonyl (C=O) groups is 1. The molecule has 0 saturated heterocycles. The number of rotatable bonds is 5. The summed E-state index contributed by atoms with van der Waals surface area (Å²) in [6.45, 7) is 6.19. The maximum atomic E-state index is 11.7. The molecular weight excluding hydrogens is 264 g/mol. The predicted molar refractivity (Wildman–Crippen MR) is 85.9 cm³/mol. The van der Waals surface area contributed by atoms with Crippen LogP contribution < -0.4 is 5.32 Å². The van der Waals surface area contributed by atoms with E-state index >= 15 is 0 Å². The first kappa shape index (κ1) is 14.8. The summed E-state index contributed by atoms with van der Waals surface area (Å²) in [5.41, 5.74) is 3.54. The van der Waals surface area contributed by atoms with E-state index in [0.717, 1.165) is 17.6 Å². The van der Waals surface area contributed by atoms with Gasteiger partial charge in [-0.15, -0.1) is 0 Å². The SMILES string of the molecule is C=C(CC)c1ccc(NC(=O)OCc2ccccn2)cc1.[HH]. The van der Waals surface area contributed by atoms with Crippen LogP contribution >= 0.6 is 0 Å². The number of carbonyl (C=O) groups excluding carboxylic acids is 1. The highest BCUT2D eigenvalue weighted by molar-refractivity contribution is 5.84. The van der Waals surface area contributed by atoms with Crippen molar-refractivity contribution in [3.05, 3.63) is 66.5 Å². The molecule has 0 aliphatic carbocycles. The standard InChI is InChI=1S/C17H18N2O2.H2/c1-3-13(2)14-7-9-15(10-8-14)19-17(20)21-12-16-6-4-5-11-18-16;/h4-11H,2-3,12H2,1H3,(H,19,20);1H. The number of hydrogen-bond acceptors (Lipinski definition) is 3. The lowest BCUT2D eigenvalue weighted by Gasteiger charge is -2.08. The molecule has 4 nitrogen and oxygen atoms in total. The second kappa shape index (κ2) is 7.24. The third-order valence-corrected chi connectivity index (χ3v) is 3.04. The Morgan fingerprint density at radius 3 is 2.67 bits per heavy atom. The minimum absolute atomic E-state index is 0. The quantitative estimate of drug-likeness (QED) is 0.879. The van der Waals surface area contributed by atoms with E-state index in [4.69, 9.17) is 4.74 Å². The minimum Gasteiger partial charge on any atom is -0.443 e. The summed E-state index contributed by atoms with van der Waals surface area (Å²) in [5.74, 6) is 0. The normalized spacial score (nSPS) is 9.95. The average molecular weight is 284 g/mol. The van der Waals surface area contributed by atoms with Gasteiger partial charge in [0.25, 0.3) is 0 Å². The van der Waals surface area contributed by atoms with Gasteiger partial charge in [0.15, 0.2) is 0 Å². The van der Waals surface area contributed by atoms with Crippen LogP contribution in [0.1, 0.15) is 26.0 Å². The smallest absolute Gasteiger partial charge is 0.412 e. The number of aromatic nitrogens is 1. The zero-order valence-electron chi connectivity index (χ0n) is 12.0. The molecule has 1 aromatic carbocycles. The fourth-order valence-corrected chi connectivity index (χ4v) is 1.77. The summed E-state index contributed by atoms with van der Waals surface area (Å²) >= 11 is 0. The van der Waals surface area contributed by atoms with Crippen molar-refractivity contribution in [2.24, 2.45) is 0 Å². The minimum atomic E-state index is -0.497. The number of allylic oxidation sites excluding steroid dienone is 1. The van der Waals surface area contributed by atoms with Crippen molar-refractivity contribution in [2.75, 3.05) is 5.32 Å². The molecule has 1 amide bonds. The first-order valence-electron chi connectivity index (χ1n) is 6.81. The van der Waals surface area contributed by atoms with Crippen molar-refractivity contribution in [1.82, 2.24) is 4.98 Å². The molecule has 1 aromatic heterocycles. The maximum Gasteiger partial charge on any atom is 0.412 e. The summed E-state index contributed by atoms with van der Waals surface area (Å²) in [6, 6.07) is 13.0. The second-order valence-electron chi connectivity index (χ2n) is 4.56. The molecule has 1 N–H and O–H groups in total. The molecule has 0 fully saturated rings. The molecule has 0 atom stereocenters. The second-order valence-corrected chi connectivity index (χ2v) is 4.56. The molecule has 1 heterocycles. The Kier molecular flexibility index (Phi) is 5.10. The summed E-state index contributed by atoms with van der Waals surface area (Å²) in [7, 11) is 0. The molecular formula is C17H20N2O2. The van der Waals surface area contributed by atoms with Gasteiger partial charge in [0, 0.05) is 13.3 Å². The number of amides is 1. The lowest BCUT2D eigenvalue weighted by atomic mass is 10.1. The highest BCUT2D eigenvalue weighted by Crippen LogP contribution is 2.18. The van der Waals surface area contributed by atoms with Gasteiger partial charge < -0.3 is 4.74 Å². The fraction of sp³-hybridized carbons (Fsp3) is 0.176. The van der Waals surface area contributed by atoms with E-state index in [-0.39, 0.29) is 8.03 Å². The van der Waals surface area contributed by atoms with E-state index in [0.29, 0.717) is 11.4 Å². The van der Waals surface area contributed by atoms with Gasteiger partial charge in [0.1, 0.15) is 6.61 Å². The number of ether oxygens (including phenoxy) is 1. The van der Waals surface area contributed by atoms with Crippen molar-refractivity contribution in [1.29, 1.82) is 0 Å². The van der Waals surface area contributed by atoms with Gasteiger partial charge in [0.05, 0.1) is 5.69 Å². The van der Waals surface area contributed by atoms with Crippen molar-refractivity contribution >= 4 is 17.4 Å². The number of pyridine rings is 1. The topological polar surface area (TPSA) is 51.2 Å². The highest BCUT2D eigenvalue weighted by Gasteiger charge is 2.04. The first-order valence-corrected chi connectivity index (χ1v) is 6.81. The van der Waals surface area contributed by atoms with Crippen molar-refractivity contribution < 1.29 is 11.0 Å². The van der Waals surface area contributed by atoms with Gasteiger partial charge in [-0.3, -0.25) is 10.3 Å². The zero-order chi connectivity index (χ0) is 15.1. The van der Waals surface area contributed by atoms with Crippen LogP contribution in [0.5, 0.6) is 0 Å². The Bertz CT molecular complexity index is 612. The van der Waals surface area contributed by atoms with Gasteiger partial charge in [-0.05, 0) is 41.8 Å². The van der Waals surface area contributed by atoms with E-state index in [1.54, 1.807) is 12.3 Å². The molecule has 0 bridgehead atoms. The van der Waals surface area contributed by atoms with Crippen LogP contribution in [0.2, 0.25) is 0 Å². The van der Waals surface area contributed by atoms with Crippen LogP contribution in [0.3, 0.4) is 0 Å². The molecule has 2 aromatic rings. The lowest BCUT2D eigenvalue weighted by molar-refractivity contribution is 0.153. The number of hydrogen-bond donors (Lipinski definition) is 1. The van der Waals surface area contributed by atoms with Crippen molar-refractivity contribution in [3.8, 4) is 0 Å². The number of nitrogens with one attached hydrogen (secondary N) is 1. The Morgan fingerprint density at radius 1 is 1.29 bits per heavy atom. The zero-order valence-corrected chi connectivity index (χ0v) is 12.0. The van der Waals surface area contributed by atoms with Gasteiger partial charge in [-0.25, -0.2) is 4.79 Å². The van der Waals surface area contributed by atoms with E-state index in [1.807, 2.05) is 36.4 Å². The third-order valence-electron chi connectivity index (χ3n) is 3.04. The van der Waals surface area contributed by atoms with Crippen LogP contribution in [0.15, 0.2) is 55.2 Å². The predicted octanol–water partition coefficient (Wildman–Crippen LogP) is 4.50. The average Bonchev–Trinajstić information content (AvgIpc) is 2.54. The summed E-state index contributed by atoms with van der Waals surface area (Å²) in [4.78, 5) is 15.8. The van der Waals surface area contributed by atoms with Crippen LogP contribution in [0, 0.1) is 0 Å². The largest absolute Gasteiger partial charge is 0.443 e. The van der Waals surface area contributed by atoms with Gasteiger partial charge in [0.2, 0.25) is 0 Å². The molecule has 0 saturated carbocycles. The number of benzene rings is 1.